The van der Waals surface area contributed by atoms with E-state index in [1.54, 1.807) is 12.3 Å². The lowest BCUT2D eigenvalue weighted by molar-refractivity contribution is 0.547. The molecule has 5 nitrogen and oxygen atoms in total. The third-order valence-electron chi connectivity index (χ3n) is 4.03. The molecule has 7 heteroatoms. The van der Waals surface area contributed by atoms with Crippen LogP contribution in [0.15, 0.2) is 50.2 Å². The van der Waals surface area contributed by atoms with Gasteiger partial charge in [-0.05, 0) is 65.7 Å². The Hall–Kier alpha value is -2.44. The highest BCUT2D eigenvalue weighted by Gasteiger charge is 2.17. The van der Waals surface area contributed by atoms with Gasteiger partial charge in [-0.15, -0.1) is 0 Å². The van der Waals surface area contributed by atoms with Gasteiger partial charge in [0.2, 0.25) is 5.43 Å². The van der Waals surface area contributed by atoms with Crippen molar-refractivity contribution in [2.24, 2.45) is 0 Å². The SMILES string of the molecule is Cc1cc(-c2cc3c(=O)c(Br)c[nH]c3nc2-c2ccc(C)o2)cc(Cl)n1. The van der Waals surface area contributed by atoms with Crippen LogP contribution in [-0.4, -0.2) is 15.0 Å². The zero-order valence-electron chi connectivity index (χ0n) is 13.9. The molecule has 0 spiro atoms. The largest absolute Gasteiger partial charge is 0.460 e. The molecule has 4 aromatic rings. The lowest BCUT2D eigenvalue weighted by atomic mass is 10.0. The third-order valence-corrected chi connectivity index (χ3v) is 4.81. The van der Waals surface area contributed by atoms with Crippen molar-refractivity contribution in [2.45, 2.75) is 13.8 Å². The fraction of sp³-hybridized carbons (Fsp3) is 0.105. The molecule has 0 amide bonds. The van der Waals surface area contributed by atoms with E-state index in [-0.39, 0.29) is 5.43 Å². The quantitative estimate of drug-likeness (QED) is 0.439. The van der Waals surface area contributed by atoms with Crippen LogP contribution >= 0.6 is 27.5 Å². The summed E-state index contributed by atoms with van der Waals surface area (Å²) in [5.41, 5.74) is 3.33. The minimum Gasteiger partial charge on any atom is -0.460 e. The van der Waals surface area contributed by atoms with Crippen molar-refractivity contribution in [1.29, 1.82) is 0 Å². The summed E-state index contributed by atoms with van der Waals surface area (Å²) < 4.78 is 6.23. The predicted octanol–water partition coefficient (Wildman–Crippen LogP) is 5.28. The van der Waals surface area contributed by atoms with Gasteiger partial charge in [-0.3, -0.25) is 4.79 Å². The maximum atomic E-state index is 12.5. The van der Waals surface area contributed by atoms with E-state index in [2.05, 4.69) is 30.9 Å². The number of rotatable bonds is 2. The Kier molecular flexibility index (Phi) is 4.17. The van der Waals surface area contributed by atoms with E-state index < -0.39 is 0 Å². The average molecular weight is 431 g/mol. The van der Waals surface area contributed by atoms with Crippen molar-refractivity contribution in [3.05, 3.63) is 67.8 Å². The molecule has 1 N–H and O–H groups in total. The van der Waals surface area contributed by atoms with Crippen molar-refractivity contribution in [3.8, 4) is 22.6 Å². The number of nitrogens with zero attached hydrogens (tertiary/aromatic N) is 2. The van der Waals surface area contributed by atoms with Gasteiger partial charge >= 0.3 is 0 Å². The maximum Gasteiger partial charge on any atom is 0.205 e. The van der Waals surface area contributed by atoms with Crippen LogP contribution in [0.5, 0.6) is 0 Å². The molecule has 0 unspecified atom stereocenters. The number of fused-ring (bicyclic) bond motifs is 1. The van der Waals surface area contributed by atoms with Crippen molar-refractivity contribution in [2.75, 3.05) is 0 Å². The highest BCUT2D eigenvalue weighted by Crippen LogP contribution is 2.34. The van der Waals surface area contributed by atoms with Gasteiger partial charge in [-0.1, -0.05) is 11.6 Å². The van der Waals surface area contributed by atoms with Gasteiger partial charge in [0.05, 0.1) is 9.86 Å². The van der Waals surface area contributed by atoms with E-state index >= 15 is 0 Å². The smallest absolute Gasteiger partial charge is 0.205 e. The number of aromatic nitrogens is 3. The molecule has 0 aliphatic heterocycles. The van der Waals surface area contributed by atoms with Crippen LogP contribution in [-0.2, 0) is 0 Å². The second-order valence-electron chi connectivity index (χ2n) is 5.98. The molecule has 0 aliphatic carbocycles. The molecule has 0 saturated heterocycles. The number of furan rings is 1. The monoisotopic (exact) mass is 429 g/mol. The van der Waals surface area contributed by atoms with Crippen molar-refractivity contribution < 1.29 is 4.42 Å². The molecular formula is C19H13BrClN3O2. The average Bonchev–Trinajstić information content (AvgIpc) is 3.03. The molecule has 4 heterocycles. The molecule has 0 bridgehead atoms. The Morgan fingerprint density at radius 2 is 1.96 bits per heavy atom. The third kappa shape index (κ3) is 2.95. The molecular weight excluding hydrogens is 418 g/mol. The number of aromatic amines is 1. The number of hydrogen-bond donors (Lipinski definition) is 1. The van der Waals surface area contributed by atoms with Crippen LogP contribution in [0.1, 0.15) is 11.5 Å². The second kappa shape index (κ2) is 6.37. The second-order valence-corrected chi connectivity index (χ2v) is 7.22. The molecule has 0 aromatic carbocycles. The van der Waals surface area contributed by atoms with Crippen molar-refractivity contribution in [3.63, 3.8) is 0 Å². The van der Waals surface area contributed by atoms with Crippen LogP contribution in [0.2, 0.25) is 5.15 Å². The molecule has 130 valence electrons. The van der Waals surface area contributed by atoms with Gasteiger partial charge in [0.15, 0.2) is 5.76 Å². The van der Waals surface area contributed by atoms with Crippen LogP contribution in [0.4, 0.5) is 0 Å². The van der Waals surface area contributed by atoms with Gasteiger partial charge in [-0.2, -0.15) is 0 Å². The number of pyridine rings is 3. The summed E-state index contributed by atoms with van der Waals surface area (Å²) in [6, 6.07) is 9.20. The zero-order valence-corrected chi connectivity index (χ0v) is 16.3. The standard InChI is InChI=1S/C19H13BrClN3O2/c1-9-5-11(6-16(21)23-9)12-7-13-18(25)14(20)8-22-19(13)24-17(12)15-4-3-10(2)26-15/h3-8H,1-2H3,(H,22,24,25). The maximum absolute atomic E-state index is 12.5. The number of H-pyrrole nitrogens is 1. The Balaban J connectivity index is 2.10. The van der Waals surface area contributed by atoms with E-state index in [0.717, 1.165) is 22.6 Å². The molecule has 0 saturated carbocycles. The number of halogens is 2. The fourth-order valence-electron chi connectivity index (χ4n) is 2.88. The van der Waals surface area contributed by atoms with E-state index in [4.69, 9.17) is 16.0 Å². The normalized spacial score (nSPS) is 11.2. The summed E-state index contributed by atoms with van der Waals surface area (Å²) in [6.45, 7) is 3.74. The predicted molar refractivity (Wildman–Crippen MR) is 105 cm³/mol. The lowest BCUT2D eigenvalue weighted by Crippen LogP contribution is -2.06. The Bertz CT molecular complexity index is 1190. The molecule has 4 rings (SSSR count). The minimum absolute atomic E-state index is 0.133. The summed E-state index contributed by atoms with van der Waals surface area (Å²) in [4.78, 5) is 24.4. The molecule has 0 radical (unpaired) electrons. The van der Waals surface area contributed by atoms with Crippen molar-refractivity contribution in [1.82, 2.24) is 15.0 Å². The summed E-state index contributed by atoms with van der Waals surface area (Å²) >= 11 is 9.41. The summed E-state index contributed by atoms with van der Waals surface area (Å²) in [5, 5.41) is 0.858. The number of aryl methyl sites for hydroxylation is 2. The van der Waals surface area contributed by atoms with E-state index in [1.807, 2.05) is 38.1 Å². The fourth-order valence-corrected chi connectivity index (χ4v) is 3.45. The Morgan fingerprint density at radius 3 is 2.65 bits per heavy atom. The van der Waals surface area contributed by atoms with Gasteiger partial charge < -0.3 is 9.40 Å². The minimum atomic E-state index is -0.133. The summed E-state index contributed by atoms with van der Waals surface area (Å²) in [6.07, 6.45) is 1.59. The molecule has 0 fully saturated rings. The van der Waals surface area contributed by atoms with Crippen LogP contribution < -0.4 is 5.43 Å². The summed E-state index contributed by atoms with van der Waals surface area (Å²) in [7, 11) is 0. The first-order valence-electron chi connectivity index (χ1n) is 7.85. The van der Waals surface area contributed by atoms with E-state index in [9.17, 15) is 4.79 Å². The molecule has 0 aliphatic rings. The molecule has 26 heavy (non-hydrogen) atoms. The highest BCUT2D eigenvalue weighted by molar-refractivity contribution is 9.10. The van der Waals surface area contributed by atoms with Gasteiger partial charge in [-0.25, -0.2) is 9.97 Å². The first-order chi connectivity index (χ1) is 12.4. The van der Waals surface area contributed by atoms with Crippen LogP contribution in [0.3, 0.4) is 0 Å². The number of hydrogen-bond acceptors (Lipinski definition) is 4. The van der Waals surface area contributed by atoms with E-state index in [1.165, 1.54) is 0 Å². The van der Waals surface area contributed by atoms with Gasteiger partial charge in [0.1, 0.15) is 22.3 Å². The first-order valence-corrected chi connectivity index (χ1v) is 9.03. The first kappa shape index (κ1) is 17.0. The Labute approximate surface area is 162 Å². The lowest BCUT2D eigenvalue weighted by Gasteiger charge is -2.10. The van der Waals surface area contributed by atoms with Gasteiger partial charge in [0.25, 0.3) is 0 Å². The van der Waals surface area contributed by atoms with Gasteiger partial charge in [0, 0.05) is 17.5 Å². The van der Waals surface area contributed by atoms with Crippen LogP contribution in [0.25, 0.3) is 33.6 Å². The van der Waals surface area contributed by atoms with Crippen LogP contribution in [0, 0.1) is 13.8 Å². The highest BCUT2D eigenvalue weighted by atomic mass is 79.9. The summed E-state index contributed by atoms with van der Waals surface area (Å²) in [5.74, 6) is 1.40. The van der Waals surface area contributed by atoms with Crippen molar-refractivity contribution >= 4 is 38.6 Å². The Morgan fingerprint density at radius 1 is 1.15 bits per heavy atom. The number of nitrogens with one attached hydrogen (secondary N) is 1. The molecule has 4 aromatic heterocycles. The molecule has 0 atom stereocenters. The van der Waals surface area contributed by atoms with E-state index in [0.29, 0.717) is 32.1 Å². The zero-order chi connectivity index (χ0) is 18.4. The topological polar surface area (TPSA) is 71.8 Å².